The summed E-state index contributed by atoms with van der Waals surface area (Å²) in [7, 11) is 0. The molecule has 148 valence electrons. The number of nitrogens with zero attached hydrogens (tertiary/aromatic N) is 3. The molecule has 5 rings (SSSR count). The van der Waals surface area contributed by atoms with Crippen molar-refractivity contribution in [3.05, 3.63) is 47.2 Å². The van der Waals surface area contributed by atoms with Crippen molar-refractivity contribution in [3.63, 3.8) is 0 Å². The molecule has 0 amide bonds. The number of piperidine rings is 2. The molecule has 2 aromatic rings. The van der Waals surface area contributed by atoms with Crippen molar-refractivity contribution in [2.24, 2.45) is 5.41 Å². The van der Waals surface area contributed by atoms with Crippen LogP contribution in [0.5, 0.6) is 0 Å². The molecule has 3 aliphatic rings. The number of rotatable bonds is 2. The molecule has 1 aromatic heterocycles. The maximum atomic E-state index is 6.21. The van der Waals surface area contributed by atoms with Crippen LogP contribution in [0.2, 0.25) is 0 Å². The molecule has 2 aliphatic heterocycles. The van der Waals surface area contributed by atoms with Crippen molar-refractivity contribution in [2.45, 2.75) is 50.9 Å². The lowest BCUT2D eigenvalue weighted by Crippen LogP contribution is -2.46. The fraction of sp³-hybridized carbons (Fsp3) is 0.565. The Labute approximate surface area is 167 Å². The summed E-state index contributed by atoms with van der Waals surface area (Å²) < 4.78 is 0. The Kier molecular flexibility index (Phi) is 4.71. The van der Waals surface area contributed by atoms with E-state index in [1.807, 2.05) is 0 Å². The van der Waals surface area contributed by atoms with Crippen molar-refractivity contribution >= 4 is 11.8 Å². The number of hydrogen-bond acceptors (Lipinski definition) is 5. The van der Waals surface area contributed by atoms with E-state index in [4.69, 9.17) is 15.7 Å². The molecule has 3 heterocycles. The van der Waals surface area contributed by atoms with Crippen LogP contribution in [-0.2, 0) is 6.42 Å². The lowest BCUT2D eigenvalue weighted by atomic mass is 9.71. The molecule has 3 N–H and O–H groups in total. The fourth-order valence-electron chi connectivity index (χ4n) is 5.58. The first-order chi connectivity index (χ1) is 13.7. The van der Waals surface area contributed by atoms with E-state index in [0.717, 1.165) is 31.7 Å². The maximum Gasteiger partial charge on any atom is 0.222 e. The van der Waals surface area contributed by atoms with Gasteiger partial charge in [0.25, 0.3) is 0 Å². The van der Waals surface area contributed by atoms with Gasteiger partial charge < -0.3 is 16.0 Å². The normalized spacial score (nSPS) is 24.1. The first-order valence-corrected chi connectivity index (χ1v) is 10.9. The largest absolute Gasteiger partial charge is 0.368 e. The van der Waals surface area contributed by atoms with Gasteiger partial charge in [-0.05, 0) is 69.0 Å². The summed E-state index contributed by atoms with van der Waals surface area (Å²) in [5.41, 5.74) is 10.6. The molecule has 5 heteroatoms. The average Bonchev–Trinajstić information content (AvgIpc) is 2.75. The van der Waals surface area contributed by atoms with Gasteiger partial charge in [0.2, 0.25) is 5.95 Å². The highest BCUT2D eigenvalue weighted by molar-refractivity contribution is 5.55. The Morgan fingerprint density at radius 3 is 2.50 bits per heavy atom. The van der Waals surface area contributed by atoms with Crippen LogP contribution in [0, 0.1) is 5.41 Å². The molecule has 28 heavy (non-hydrogen) atoms. The van der Waals surface area contributed by atoms with Crippen molar-refractivity contribution in [1.82, 2.24) is 15.3 Å². The SMILES string of the molecule is Nc1nc2c(c(N3CCC4(CCNCC4)CC3)n1)CCCC2c1ccccc1. The van der Waals surface area contributed by atoms with Crippen molar-refractivity contribution < 1.29 is 0 Å². The van der Waals surface area contributed by atoms with Crippen LogP contribution in [-0.4, -0.2) is 36.1 Å². The van der Waals surface area contributed by atoms with Gasteiger partial charge in [0.1, 0.15) is 5.82 Å². The highest BCUT2D eigenvalue weighted by Gasteiger charge is 2.37. The number of nitrogens with one attached hydrogen (secondary N) is 1. The Morgan fingerprint density at radius 1 is 1.00 bits per heavy atom. The third-order valence-corrected chi connectivity index (χ3v) is 7.27. The van der Waals surface area contributed by atoms with Crippen LogP contribution in [0.3, 0.4) is 0 Å². The first-order valence-electron chi connectivity index (χ1n) is 10.9. The van der Waals surface area contributed by atoms with E-state index < -0.39 is 0 Å². The molecule has 0 saturated carbocycles. The minimum absolute atomic E-state index is 0.342. The smallest absolute Gasteiger partial charge is 0.222 e. The third-order valence-electron chi connectivity index (χ3n) is 7.27. The minimum atomic E-state index is 0.342. The van der Waals surface area contributed by atoms with Gasteiger partial charge >= 0.3 is 0 Å². The lowest BCUT2D eigenvalue weighted by Gasteiger charge is -2.45. The molecule has 1 atom stereocenters. The molecule has 2 saturated heterocycles. The Hall–Kier alpha value is -2.14. The quantitative estimate of drug-likeness (QED) is 0.838. The van der Waals surface area contributed by atoms with Crippen LogP contribution >= 0.6 is 0 Å². The number of aromatic nitrogens is 2. The van der Waals surface area contributed by atoms with Crippen LogP contribution in [0.25, 0.3) is 0 Å². The second-order valence-electron chi connectivity index (χ2n) is 8.86. The highest BCUT2D eigenvalue weighted by atomic mass is 15.2. The monoisotopic (exact) mass is 377 g/mol. The standard InChI is InChI=1S/C23H31N5/c24-22-26-20-18(17-5-2-1-3-6-17)7-4-8-19(20)21(27-22)28-15-11-23(12-16-28)9-13-25-14-10-23/h1-3,5-6,18,25H,4,7-16H2,(H2,24,26,27). The summed E-state index contributed by atoms with van der Waals surface area (Å²) in [5, 5.41) is 3.52. The minimum Gasteiger partial charge on any atom is -0.368 e. The zero-order valence-corrected chi connectivity index (χ0v) is 16.7. The summed E-state index contributed by atoms with van der Waals surface area (Å²) in [5.74, 6) is 1.89. The van der Waals surface area contributed by atoms with E-state index in [1.54, 1.807) is 0 Å². The molecule has 1 aromatic carbocycles. The van der Waals surface area contributed by atoms with Gasteiger partial charge in [0.05, 0.1) is 5.69 Å². The van der Waals surface area contributed by atoms with Gasteiger partial charge in [-0.25, -0.2) is 4.98 Å². The number of benzene rings is 1. The fourth-order valence-corrected chi connectivity index (χ4v) is 5.58. The molecule has 2 fully saturated rings. The van der Waals surface area contributed by atoms with Gasteiger partial charge in [-0.3, -0.25) is 0 Å². The summed E-state index contributed by atoms with van der Waals surface area (Å²) >= 11 is 0. The number of hydrogen-bond donors (Lipinski definition) is 2. The zero-order chi connectivity index (χ0) is 19.0. The van der Waals surface area contributed by atoms with E-state index in [9.17, 15) is 0 Å². The lowest BCUT2D eigenvalue weighted by molar-refractivity contribution is 0.154. The van der Waals surface area contributed by atoms with Crippen molar-refractivity contribution in [3.8, 4) is 0 Å². The van der Waals surface area contributed by atoms with Crippen LogP contribution < -0.4 is 16.0 Å². The topological polar surface area (TPSA) is 67.1 Å². The van der Waals surface area contributed by atoms with E-state index in [0.29, 0.717) is 17.3 Å². The summed E-state index contributed by atoms with van der Waals surface area (Å²) in [6.07, 6.45) is 8.59. The van der Waals surface area contributed by atoms with Crippen molar-refractivity contribution in [1.29, 1.82) is 0 Å². The van der Waals surface area contributed by atoms with E-state index >= 15 is 0 Å². The van der Waals surface area contributed by atoms with Gasteiger partial charge in [0.15, 0.2) is 0 Å². The van der Waals surface area contributed by atoms with Gasteiger partial charge in [-0.15, -0.1) is 0 Å². The molecular formula is C23H31N5. The molecule has 1 aliphatic carbocycles. The molecule has 0 radical (unpaired) electrons. The molecule has 0 bridgehead atoms. The number of fused-ring (bicyclic) bond motifs is 1. The Bertz CT molecular complexity index is 818. The van der Waals surface area contributed by atoms with Gasteiger partial charge in [-0.2, -0.15) is 4.98 Å². The number of anilines is 2. The first kappa shape index (κ1) is 17.9. The molecule has 5 nitrogen and oxygen atoms in total. The second kappa shape index (κ2) is 7.36. The molecular weight excluding hydrogens is 346 g/mol. The Balaban J connectivity index is 1.44. The maximum absolute atomic E-state index is 6.21. The van der Waals surface area contributed by atoms with Crippen LogP contribution in [0.1, 0.15) is 61.3 Å². The van der Waals surface area contributed by atoms with Crippen LogP contribution in [0.4, 0.5) is 11.8 Å². The predicted octanol–water partition coefficient (Wildman–Crippen LogP) is 3.50. The predicted molar refractivity (Wildman–Crippen MR) is 114 cm³/mol. The molecule has 1 unspecified atom stereocenters. The second-order valence-corrected chi connectivity index (χ2v) is 8.86. The summed E-state index contributed by atoms with van der Waals surface area (Å²) in [6.45, 7) is 4.54. The molecule has 1 spiro atoms. The van der Waals surface area contributed by atoms with E-state index in [1.165, 1.54) is 62.0 Å². The van der Waals surface area contributed by atoms with E-state index in [-0.39, 0.29) is 0 Å². The van der Waals surface area contributed by atoms with Crippen molar-refractivity contribution in [2.75, 3.05) is 36.8 Å². The van der Waals surface area contributed by atoms with Gasteiger partial charge in [-0.1, -0.05) is 30.3 Å². The summed E-state index contributed by atoms with van der Waals surface area (Å²) in [4.78, 5) is 12.0. The van der Waals surface area contributed by atoms with Gasteiger partial charge in [0, 0.05) is 24.6 Å². The third kappa shape index (κ3) is 3.26. The van der Waals surface area contributed by atoms with Crippen LogP contribution in [0.15, 0.2) is 30.3 Å². The Morgan fingerprint density at radius 2 is 1.75 bits per heavy atom. The number of nitrogen functional groups attached to an aromatic ring is 1. The summed E-state index contributed by atoms with van der Waals surface area (Å²) in [6, 6.07) is 10.8. The van der Waals surface area contributed by atoms with E-state index in [2.05, 4.69) is 40.5 Å². The zero-order valence-electron chi connectivity index (χ0n) is 16.7. The highest BCUT2D eigenvalue weighted by Crippen LogP contribution is 2.43. The number of nitrogens with two attached hydrogens (primary N) is 1. The average molecular weight is 378 g/mol.